The average molecular weight is 426 g/mol. The molecule has 0 spiro atoms. The van der Waals surface area contributed by atoms with Gasteiger partial charge in [0.1, 0.15) is 0 Å². The second-order valence-electron chi connectivity index (χ2n) is 6.18. The maximum absolute atomic E-state index is 5.95. The second-order valence-corrected chi connectivity index (χ2v) is 7.26. The van der Waals surface area contributed by atoms with E-state index in [0.29, 0.717) is 0 Å². The van der Waals surface area contributed by atoms with Crippen LogP contribution in [0.15, 0.2) is 0 Å². The molecule has 2 nitrogen and oxygen atoms in total. The van der Waals surface area contributed by atoms with Gasteiger partial charge in [-0.15, -0.1) is 0 Å². The molecular weight excluding hydrogens is 387 g/mol. The molecule has 0 aromatic carbocycles. The summed E-state index contributed by atoms with van der Waals surface area (Å²) in [4.78, 5) is 0. The van der Waals surface area contributed by atoms with Crippen molar-refractivity contribution in [3.63, 3.8) is 0 Å². The summed E-state index contributed by atoms with van der Waals surface area (Å²) in [6.45, 7) is 6.19. The first-order valence-corrected chi connectivity index (χ1v) is 11.2. The Bertz CT molecular complexity index is 188. The molecule has 0 bridgehead atoms. The predicted molar refractivity (Wildman–Crippen MR) is 106 cm³/mol. The Morgan fingerprint density at radius 3 is 1.64 bits per heavy atom. The summed E-state index contributed by atoms with van der Waals surface area (Å²) < 4.78 is 13.2. The van der Waals surface area contributed by atoms with Crippen LogP contribution >= 0.6 is 22.6 Å². The number of unbranched alkanes of at least 4 members (excludes halogenated alkanes) is 9. The van der Waals surface area contributed by atoms with Crippen LogP contribution in [0.4, 0.5) is 0 Å². The van der Waals surface area contributed by atoms with Crippen molar-refractivity contribution in [2.75, 3.05) is 17.6 Å². The van der Waals surface area contributed by atoms with E-state index in [9.17, 15) is 0 Å². The molecule has 0 amide bonds. The molecule has 0 unspecified atom stereocenters. The molecule has 0 fully saturated rings. The Morgan fingerprint density at radius 1 is 0.636 bits per heavy atom. The first kappa shape index (κ1) is 22.6. The molecule has 0 radical (unpaired) electrons. The van der Waals surface area contributed by atoms with E-state index in [2.05, 4.69) is 36.4 Å². The van der Waals surface area contributed by atoms with Gasteiger partial charge in [0.25, 0.3) is 0 Å². The first-order valence-electron chi connectivity index (χ1n) is 9.64. The van der Waals surface area contributed by atoms with Gasteiger partial charge in [-0.1, -0.05) is 87.8 Å². The maximum atomic E-state index is 5.95. The average Bonchev–Trinajstić information content (AvgIpc) is 2.53. The van der Waals surface area contributed by atoms with Gasteiger partial charge < -0.3 is 9.47 Å². The van der Waals surface area contributed by atoms with E-state index in [4.69, 9.17) is 9.47 Å². The number of ether oxygens (including phenoxy) is 2. The van der Waals surface area contributed by atoms with Gasteiger partial charge >= 0.3 is 0 Å². The fourth-order valence-electron chi connectivity index (χ4n) is 2.46. The SMILES string of the molecule is CCCCCOC(CCCCCCCCI)OCCCCC. The lowest BCUT2D eigenvalue weighted by atomic mass is 10.1. The number of halogens is 1. The quantitative estimate of drug-likeness (QED) is 0.103. The minimum Gasteiger partial charge on any atom is -0.353 e. The third-order valence-corrected chi connectivity index (χ3v) is 4.69. The highest BCUT2D eigenvalue weighted by Crippen LogP contribution is 2.13. The zero-order valence-electron chi connectivity index (χ0n) is 15.1. The molecule has 0 saturated heterocycles. The Hall–Kier alpha value is 0.650. The third kappa shape index (κ3) is 17.0. The van der Waals surface area contributed by atoms with E-state index < -0.39 is 0 Å². The molecule has 0 N–H and O–H groups in total. The van der Waals surface area contributed by atoms with Crippen LogP contribution in [0.1, 0.15) is 97.3 Å². The smallest absolute Gasteiger partial charge is 0.157 e. The van der Waals surface area contributed by atoms with Crippen molar-refractivity contribution < 1.29 is 9.47 Å². The van der Waals surface area contributed by atoms with Crippen LogP contribution in [0.5, 0.6) is 0 Å². The Balaban J connectivity index is 3.66. The molecule has 22 heavy (non-hydrogen) atoms. The molecular formula is C19H39IO2. The molecule has 0 heterocycles. The molecule has 0 aliphatic rings. The summed E-state index contributed by atoms with van der Waals surface area (Å²) in [5.41, 5.74) is 0. The Labute approximate surface area is 153 Å². The summed E-state index contributed by atoms with van der Waals surface area (Å²) in [7, 11) is 0. The summed E-state index contributed by atoms with van der Waals surface area (Å²) in [6, 6.07) is 0. The number of rotatable bonds is 18. The van der Waals surface area contributed by atoms with Gasteiger partial charge in [0.15, 0.2) is 6.29 Å². The van der Waals surface area contributed by atoms with Crippen molar-refractivity contribution in [1.82, 2.24) is 0 Å². The van der Waals surface area contributed by atoms with Crippen molar-refractivity contribution in [3.8, 4) is 0 Å². The number of hydrogen-bond donors (Lipinski definition) is 0. The van der Waals surface area contributed by atoms with Crippen LogP contribution in [-0.4, -0.2) is 23.9 Å². The van der Waals surface area contributed by atoms with Crippen LogP contribution in [-0.2, 0) is 9.47 Å². The van der Waals surface area contributed by atoms with Gasteiger partial charge in [0.05, 0.1) is 0 Å². The van der Waals surface area contributed by atoms with Crippen LogP contribution in [0.25, 0.3) is 0 Å². The topological polar surface area (TPSA) is 18.5 Å². The fourth-order valence-corrected chi connectivity index (χ4v) is 3.00. The molecule has 3 heteroatoms. The highest BCUT2D eigenvalue weighted by molar-refractivity contribution is 14.1. The van der Waals surface area contributed by atoms with Crippen molar-refractivity contribution in [2.24, 2.45) is 0 Å². The van der Waals surface area contributed by atoms with Crippen LogP contribution in [0.3, 0.4) is 0 Å². The zero-order valence-corrected chi connectivity index (χ0v) is 17.2. The van der Waals surface area contributed by atoms with Crippen LogP contribution in [0, 0.1) is 0 Å². The lowest BCUT2D eigenvalue weighted by Crippen LogP contribution is -2.19. The third-order valence-electron chi connectivity index (χ3n) is 3.93. The Kier molecular flexibility index (Phi) is 20.3. The van der Waals surface area contributed by atoms with E-state index >= 15 is 0 Å². The molecule has 0 aromatic heterocycles. The van der Waals surface area contributed by atoms with Crippen molar-refractivity contribution >= 4 is 22.6 Å². The molecule has 0 aliphatic heterocycles. The molecule has 134 valence electrons. The Morgan fingerprint density at radius 2 is 1.14 bits per heavy atom. The van der Waals surface area contributed by atoms with Gasteiger partial charge in [0.2, 0.25) is 0 Å². The minimum absolute atomic E-state index is 0.0445. The normalized spacial score (nSPS) is 11.5. The van der Waals surface area contributed by atoms with E-state index in [-0.39, 0.29) is 6.29 Å². The number of alkyl halides is 1. The van der Waals surface area contributed by atoms with Crippen molar-refractivity contribution in [3.05, 3.63) is 0 Å². The molecule has 0 aliphatic carbocycles. The summed E-state index contributed by atoms with van der Waals surface area (Å²) >= 11 is 2.47. The van der Waals surface area contributed by atoms with Crippen LogP contribution in [0.2, 0.25) is 0 Å². The lowest BCUT2D eigenvalue weighted by Gasteiger charge is -2.18. The van der Waals surface area contributed by atoms with Gasteiger partial charge in [-0.3, -0.25) is 0 Å². The monoisotopic (exact) mass is 426 g/mol. The van der Waals surface area contributed by atoms with Crippen molar-refractivity contribution in [2.45, 2.75) is 104 Å². The first-order chi connectivity index (χ1) is 10.8. The van der Waals surface area contributed by atoms with E-state index in [1.54, 1.807) is 0 Å². The van der Waals surface area contributed by atoms with Gasteiger partial charge in [-0.2, -0.15) is 0 Å². The molecule has 0 atom stereocenters. The predicted octanol–water partition coefficient (Wildman–Crippen LogP) is 6.89. The van der Waals surface area contributed by atoms with Gasteiger partial charge in [-0.05, 0) is 36.5 Å². The fraction of sp³-hybridized carbons (Fsp3) is 1.00. The zero-order chi connectivity index (χ0) is 16.3. The molecule has 0 aromatic rings. The van der Waals surface area contributed by atoms with E-state index in [0.717, 1.165) is 19.6 Å². The summed E-state index contributed by atoms with van der Waals surface area (Å²) in [5, 5.41) is 0. The molecule has 0 rings (SSSR count). The summed E-state index contributed by atoms with van der Waals surface area (Å²) in [5.74, 6) is 0. The molecule has 0 saturated carbocycles. The highest BCUT2D eigenvalue weighted by atomic mass is 127. The highest BCUT2D eigenvalue weighted by Gasteiger charge is 2.09. The maximum Gasteiger partial charge on any atom is 0.157 e. The van der Waals surface area contributed by atoms with Gasteiger partial charge in [0, 0.05) is 13.2 Å². The largest absolute Gasteiger partial charge is 0.353 e. The minimum atomic E-state index is 0.0445. The van der Waals surface area contributed by atoms with Crippen LogP contribution < -0.4 is 0 Å². The van der Waals surface area contributed by atoms with E-state index in [1.807, 2.05) is 0 Å². The van der Waals surface area contributed by atoms with E-state index in [1.165, 1.54) is 81.5 Å². The van der Waals surface area contributed by atoms with Gasteiger partial charge in [-0.25, -0.2) is 0 Å². The van der Waals surface area contributed by atoms with Crippen molar-refractivity contribution in [1.29, 1.82) is 0 Å². The lowest BCUT2D eigenvalue weighted by molar-refractivity contribution is -0.148. The standard InChI is InChI=1S/C19H39IO2/c1-3-5-13-17-21-19(22-18-14-6-4-2)15-11-9-7-8-10-12-16-20/h19H,3-18H2,1-2H3. The number of hydrogen-bond acceptors (Lipinski definition) is 2. The second kappa shape index (κ2) is 19.7. The summed E-state index contributed by atoms with van der Waals surface area (Å²) in [6.07, 6.45) is 16.6.